The normalized spacial score (nSPS) is 12.9. The van der Waals surface area contributed by atoms with Crippen LogP contribution in [0.1, 0.15) is 27.7 Å². The van der Waals surface area contributed by atoms with Crippen LogP contribution < -0.4 is 0 Å². The van der Waals surface area contributed by atoms with E-state index in [1.54, 1.807) is 0 Å². The van der Waals surface area contributed by atoms with E-state index in [0.717, 1.165) is 5.57 Å². The second-order valence-corrected chi connectivity index (χ2v) is 10.0. The van der Waals surface area contributed by atoms with Gasteiger partial charge < -0.3 is 4.18 Å². The molecule has 0 unspecified atom stereocenters. The van der Waals surface area contributed by atoms with Gasteiger partial charge in [0.2, 0.25) is 0 Å². The van der Waals surface area contributed by atoms with Gasteiger partial charge in [0.05, 0.1) is 6.61 Å². The van der Waals surface area contributed by atoms with Crippen LogP contribution in [0.5, 0.6) is 0 Å². The molecule has 0 atom stereocenters. The summed E-state index contributed by atoms with van der Waals surface area (Å²) in [4.78, 5) is 2.52. The molecule has 0 aliphatic carbocycles. The average molecular weight is 314 g/mol. The largest absolute Gasteiger partial charge is 0.323 e. The predicted octanol–water partition coefficient (Wildman–Crippen LogP) is 6.22. The minimum Gasteiger partial charge on any atom is -0.323 e. The van der Waals surface area contributed by atoms with Crippen molar-refractivity contribution >= 4 is 10.3 Å². The van der Waals surface area contributed by atoms with E-state index in [-0.39, 0.29) is 4.75 Å². The van der Waals surface area contributed by atoms with Crippen LogP contribution in [0.2, 0.25) is 0 Å². The van der Waals surface area contributed by atoms with E-state index < -0.39 is 10.3 Å². The van der Waals surface area contributed by atoms with Gasteiger partial charge in [-0.25, -0.2) is 0 Å². The molecule has 0 bridgehead atoms. The molecule has 0 amide bonds. The van der Waals surface area contributed by atoms with E-state index in [0.29, 0.717) is 6.61 Å². The van der Waals surface area contributed by atoms with Crippen molar-refractivity contribution in [3.05, 3.63) is 72.8 Å². The molecular weight excluding hydrogens is 288 g/mol. The lowest BCUT2D eigenvalue weighted by Gasteiger charge is -2.50. The SMILES string of the molecule is C=C(C)COS(c1ccccc1)(c1ccccc1)C(C)(C)C. The zero-order valence-corrected chi connectivity index (χ0v) is 14.8. The Kier molecular flexibility index (Phi) is 5.15. The highest BCUT2D eigenvalue weighted by Gasteiger charge is 2.41. The van der Waals surface area contributed by atoms with Gasteiger partial charge in [0.25, 0.3) is 0 Å². The third-order valence-corrected chi connectivity index (χ3v) is 7.56. The summed E-state index contributed by atoms with van der Waals surface area (Å²) in [6.07, 6.45) is 0. The Morgan fingerprint density at radius 3 is 1.64 bits per heavy atom. The Balaban J connectivity index is 2.67. The summed E-state index contributed by atoms with van der Waals surface area (Å²) in [5.41, 5.74) is 1.05. The number of benzene rings is 2. The summed E-state index contributed by atoms with van der Waals surface area (Å²) in [7, 11) is -1.63. The average Bonchev–Trinajstić information content (AvgIpc) is 2.48. The first-order chi connectivity index (χ1) is 10.4. The van der Waals surface area contributed by atoms with Crippen molar-refractivity contribution in [2.45, 2.75) is 42.2 Å². The number of rotatable bonds is 5. The number of hydrogen-bond acceptors (Lipinski definition) is 1. The van der Waals surface area contributed by atoms with Crippen LogP contribution in [0.3, 0.4) is 0 Å². The van der Waals surface area contributed by atoms with E-state index in [1.165, 1.54) is 9.79 Å². The zero-order valence-electron chi connectivity index (χ0n) is 14.0. The van der Waals surface area contributed by atoms with Crippen molar-refractivity contribution in [2.75, 3.05) is 6.61 Å². The van der Waals surface area contributed by atoms with E-state index in [4.69, 9.17) is 4.18 Å². The van der Waals surface area contributed by atoms with Crippen molar-refractivity contribution in [3.63, 3.8) is 0 Å². The van der Waals surface area contributed by atoms with E-state index in [9.17, 15) is 0 Å². The zero-order chi connectivity index (χ0) is 16.2. The molecule has 2 aromatic carbocycles. The molecule has 1 nitrogen and oxygen atoms in total. The summed E-state index contributed by atoms with van der Waals surface area (Å²) in [5, 5.41) is 0. The quantitative estimate of drug-likeness (QED) is 0.596. The minimum atomic E-state index is -1.63. The molecule has 0 N–H and O–H groups in total. The van der Waals surface area contributed by atoms with Gasteiger partial charge in [0.1, 0.15) is 0 Å². The molecule has 2 rings (SSSR count). The molecule has 118 valence electrons. The Morgan fingerprint density at radius 2 is 1.32 bits per heavy atom. The second-order valence-electron chi connectivity index (χ2n) is 6.51. The highest BCUT2D eigenvalue weighted by atomic mass is 32.3. The van der Waals surface area contributed by atoms with Crippen molar-refractivity contribution in [2.24, 2.45) is 0 Å². The smallest absolute Gasteiger partial charge is 0.0806 e. The molecule has 0 aliphatic rings. The lowest BCUT2D eigenvalue weighted by molar-refractivity contribution is 0.380. The molecule has 0 aliphatic heterocycles. The van der Waals surface area contributed by atoms with Crippen LogP contribution in [-0.2, 0) is 4.18 Å². The first-order valence-corrected chi connectivity index (χ1v) is 9.15. The molecule has 0 heterocycles. The maximum Gasteiger partial charge on any atom is 0.0806 e. The van der Waals surface area contributed by atoms with Crippen molar-refractivity contribution in [3.8, 4) is 0 Å². The van der Waals surface area contributed by atoms with Crippen molar-refractivity contribution < 1.29 is 4.18 Å². The van der Waals surface area contributed by atoms with Gasteiger partial charge in [-0.05, 0) is 52.0 Å². The molecule has 0 spiro atoms. The van der Waals surface area contributed by atoms with Gasteiger partial charge in [-0.3, -0.25) is 0 Å². The van der Waals surface area contributed by atoms with Gasteiger partial charge >= 0.3 is 0 Å². The van der Waals surface area contributed by atoms with Gasteiger partial charge in [-0.15, -0.1) is 0 Å². The summed E-state index contributed by atoms with van der Waals surface area (Å²) in [6, 6.07) is 21.2. The fraction of sp³-hybridized carbons (Fsp3) is 0.300. The standard InChI is InChI=1S/C20H26OS/c1-17(2)16-21-22(20(3,4)5,18-12-8-6-9-13-18)19-14-10-7-11-15-19/h6-15H,1,16H2,2-5H3. The summed E-state index contributed by atoms with van der Waals surface area (Å²) >= 11 is 0. The van der Waals surface area contributed by atoms with Gasteiger partial charge in [0, 0.05) is 14.5 Å². The van der Waals surface area contributed by atoms with Crippen molar-refractivity contribution in [1.29, 1.82) is 0 Å². The first-order valence-electron chi connectivity index (χ1n) is 7.60. The molecule has 0 saturated heterocycles. The predicted molar refractivity (Wildman–Crippen MR) is 97.5 cm³/mol. The number of hydrogen-bond donors (Lipinski definition) is 0. The monoisotopic (exact) mass is 314 g/mol. The molecule has 2 aromatic rings. The van der Waals surface area contributed by atoms with Crippen LogP contribution in [0, 0.1) is 0 Å². The molecular formula is C20H26OS. The van der Waals surface area contributed by atoms with Crippen LogP contribution in [0.15, 0.2) is 82.6 Å². The van der Waals surface area contributed by atoms with Crippen LogP contribution in [0.25, 0.3) is 0 Å². The third-order valence-electron chi connectivity index (χ3n) is 3.49. The molecule has 22 heavy (non-hydrogen) atoms. The highest BCUT2D eigenvalue weighted by molar-refractivity contribution is 8.31. The summed E-state index contributed by atoms with van der Waals surface area (Å²) in [6.45, 7) is 13.4. The minimum absolute atomic E-state index is 0.0227. The fourth-order valence-corrected chi connectivity index (χ4v) is 6.34. The molecule has 0 fully saturated rings. The van der Waals surface area contributed by atoms with Crippen LogP contribution >= 0.6 is 10.3 Å². The second kappa shape index (κ2) is 6.72. The Bertz CT molecular complexity index is 572. The third kappa shape index (κ3) is 3.29. The first kappa shape index (κ1) is 16.9. The lowest BCUT2D eigenvalue weighted by atomic mass is 10.3. The van der Waals surface area contributed by atoms with Gasteiger partial charge in [-0.1, -0.05) is 58.9 Å². The van der Waals surface area contributed by atoms with E-state index in [2.05, 4.69) is 88.0 Å². The fourth-order valence-electron chi connectivity index (χ4n) is 2.57. The van der Waals surface area contributed by atoms with E-state index >= 15 is 0 Å². The molecule has 0 radical (unpaired) electrons. The van der Waals surface area contributed by atoms with Gasteiger partial charge in [0.15, 0.2) is 0 Å². The Labute approximate surface area is 136 Å². The Hall–Kier alpha value is -1.51. The molecule has 0 saturated carbocycles. The highest BCUT2D eigenvalue weighted by Crippen LogP contribution is 2.71. The molecule has 0 aromatic heterocycles. The van der Waals surface area contributed by atoms with E-state index in [1.807, 2.05) is 6.92 Å². The van der Waals surface area contributed by atoms with Crippen LogP contribution in [0.4, 0.5) is 0 Å². The summed E-state index contributed by atoms with van der Waals surface area (Å²) in [5.74, 6) is 0. The lowest BCUT2D eigenvalue weighted by Crippen LogP contribution is -2.28. The molecule has 2 heteroatoms. The topological polar surface area (TPSA) is 9.23 Å². The van der Waals surface area contributed by atoms with Gasteiger partial charge in [-0.2, -0.15) is 0 Å². The maximum atomic E-state index is 6.61. The maximum absolute atomic E-state index is 6.61. The van der Waals surface area contributed by atoms with Crippen molar-refractivity contribution in [1.82, 2.24) is 0 Å². The van der Waals surface area contributed by atoms with Crippen LogP contribution in [-0.4, -0.2) is 11.4 Å². The summed E-state index contributed by atoms with van der Waals surface area (Å²) < 4.78 is 6.59. The Morgan fingerprint density at radius 1 is 0.909 bits per heavy atom.